The zero-order valence-corrected chi connectivity index (χ0v) is 12.1. The van der Waals surface area contributed by atoms with E-state index < -0.39 is 0 Å². The van der Waals surface area contributed by atoms with Crippen LogP contribution < -0.4 is 10.6 Å². The molecule has 1 atom stereocenters. The van der Waals surface area contributed by atoms with Gasteiger partial charge in [0.25, 0.3) is 0 Å². The smallest absolute Gasteiger partial charge is 0.343 e. The lowest BCUT2D eigenvalue weighted by Crippen LogP contribution is -2.20. The fourth-order valence-electron chi connectivity index (χ4n) is 2.93. The van der Waals surface area contributed by atoms with Crippen LogP contribution in [0.3, 0.4) is 0 Å². The Kier molecular flexibility index (Phi) is 3.79. The van der Waals surface area contributed by atoms with Gasteiger partial charge in [0, 0.05) is 38.0 Å². The molecule has 6 heteroatoms. The lowest BCUT2D eigenvalue weighted by Gasteiger charge is -2.19. The largest absolute Gasteiger partial charge is 0.396 e. The summed E-state index contributed by atoms with van der Waals surface area (Å²) in [6.07, 6.45) is 1.98. The molecule has 21 heavy (non-hydrogen) atoms. The standard InChI is InChI=1S/C15H20N4O2/c1-18-14(16-17-15(18)21)12-3-2-4-13(9-12)19-7-5-11(10-19)6-8-20/h2-4,9,11,20H,5-8,10H2,1H3,(H,17,21). The average molecular weight is 288 g/mol. The molecule has 1 aliphatic rings. The second kappa shape index (κ2) is 5.73. The minimum Gasteiger partial charge on any atom is -0.396 e. The molecule has 6 nitrogen and oxygen atoms in total. The van der Waals surface area contributed by atoms with Gasteiger partial charge >= 0.3 is 5.69 Å². The molecule has 1 aliphatic heterocycles. The highest BCUT2D eigenvalue weighted by molar-refractivity contribution is 5.63. The quantitative estimate of drug-likeness (QED) is 0.879. The van der Waals surface area contributed by atoms with Gasteiger partial charge in [0.2, 0.25) is 0 Å². The number of aromatic nitrogens is 3. The average Bonchev–Trinajstić information content (AvgIpc) is 3.08. The molecule has 2 heterocycles. The molecule has 0 amide bonds. The molecule has 0 radical (unpaired) electrons. The highest BCUT2D eigenvalue weighted by atomic mass is 16.3. The van der Waals surface area contributed by atoms with Gasteiger partial charge in [0.1, 0.15) is 0 Å². The van der Waals surface area contributed by atoms with Gasteiger partial charge in [0.15, 0.2) is 5.82 Å². The van der Waals surface area contributed by atoms with Crippen LogP contribution in [0.5, 0.6) is 0 Å². The maximum absolute atomic E-state index is 11.5. The summed E-state index contributed by atoms with van der Waals surface area (Å²) in [5, 5.41) is 15.6. The molecule has 3 rings (SSSR count). The van der Waals surface area contributed by atoms with Crippen molar-refractivity contribution in [3.63, 3.8) is 0 Å². The zero-order chi connectivity index (χ0) is 14.8. The second-order valence-corrected chi connectivity index (χ2v) is 5.57. The molecular formula is C15H20N4O2. The van der Waals surface area contributed by atoms with Crippen LogP contribution in [0.4, 0.5) is 5.69 Å². The van der Waals surface area contributed by atoms with Crippen molar-refractivity contribution in [1.82, 2.24) is 14.8 Å². The predicted octanol–water partition coefficient (Wildman–Crippen LogP) is 0.984. The van der Waals surface area contributed by atoms with Gasteiger partial charge in [-0.2, -0.15) is 5.10 Å². The number of benzene rings is 1. The van der Waals surface area contributed by atoms with Crippen molar-refractivity contribution < 1.29 is 5.11 Å². The molecular weight excluding hydrogens is 268 g/mol. The highest BCUT2D eigenvalue weighted by Gasteiger charge is 2.22. The van der Waals surface area contributed by atoms with Crippen molar-refractivity contribution in [3.8, 4) is 11.4 Å². The maximum atomic E-state index is 11.5. The third-order valence-corrected chi connectivity index (χ3v) is 4.17. The number of nitrogens with one attached hydrogen (secondary N) is 1. The Hall–Kier alpha value is -2.08. The molecule has 112 valence electrons. The van der Waals surface area contributed by atoms with Gasteiger partial charge in [-0.25, -0.2) is 9.89 Å². The third-order valence-electron chi connectivity index (χ3n) is 4.17. The summed E-state index contributed by atoms with van der Waals surface area (Å²) in [5.74, 6) is 1.21. The summed E-state index contributed by atoms with van der Waals surface area (Å²) >= 11 is 0. The van der Waals surface area contributed by atoms with E-state index in [-0.39, 0.29) is 12.3 Å². The molecule has 0 aliphatic carbocycles. The lowest BCUT2D eigenvalue weighted by atomic mass is 10.1. The van der Waals surface area contributed by atoms with Gasteiger partial charge < -0.3 is 10.0 Å². The first-order valence-corrected chi connectivity index (χ1v) is 7.26. The van der Waals surface area contributed by atoms with E-state index in [2.05, 4.69) is 27.2 Å². The van der Waals surface area contributed by atoms with Crippen molar-refractivity contribution >= 4 is 5.69 Å². The van der Waals surface area contributed by atoms with Gasteiger partial charge in [-0.3, -0.25) is 4.57 Å². The zero-order valence-electron chi connectivity index (χ0n) is 12.1. The van der Waals surface area contributed by atoms with Gasteiger partial charge in [-0.15, -0.1) is 0 Å². The van der Waals surface area contributed by atoms with Crippen molar-refractivity contribution in [2.24, 2.45) is 13.0 Å². The van der Waals surface area contributed by atoms with E-state index in [9.17, 15) is 4.79 Å². The van der Waals surface area contributed by atoms with Crippen LogP contribution in [0.1, 0.15) is 12.8 Å². The van der Waals surface area contributed by atoms with Crippen LogP contribution in [0, 0.1) is 5.92 Å². The summed E-state index contributed by atoms with van der Waals surface area (Å²) < 4.78 is 1.51. The van der Waals surface area contributed by atoms with E-state index in [4.69, 9.17) is 5.11 Å². The summed E-state index contributed by atoms with van der Waals surface area (Å²) in [7, 11) is 1.71. The molecule has 0 bridgehead atoms. The van der Waals surface area contributed by atoms with Crippen LogP contribution in [0.2, 0.25) is 0 Å². The molecule has 1 fully saturated rings. The van der Waals surface area contributed by atoms with Gasteiger partial charge in [-0.1, -0.05) is 12.1 Å². The molecule has 0 saturated carbocycles. The monoisotopic (exact) mass is 288 g/mol. The van der Waals surface area contributed by atoms with Crippen molar-refractivity contribution in [3.05, 3.63) is 34.7 Å². The third kappa shape index (κ3) is 2.71. The Morgan fingerprint density at radius 3 is 3.05 bits per heavy atom. The van der Waals surface area contributed by atoms with E-state index in [1.165, 1.54) is 4.57 Å². The van der Waals surface area contributed by atoms with E-state index in [0.717, 1.165) is 37.2 Å². The van der Waals surface area contributed by atoms with Gasteiger partial charge in [0.05, 0.1) is 0 Å². The number of aliphatic hydroxyl groups is 1. The Morgan fingerprint density at radius 1 is 1.48 bits per heavy atom. The van der Waals surface area contributed by atoms with Crippen molar-refractivity contribution in [2.75, 3.05) is 24.6 Å². The molecule has 1 aromatic carbocycles. The first-order chi connectivity index (χ1) is 10.2. The molecule has 2 N–H and O–H groups in total. The Labute approximate surface area is 123 Å². The van der Waals surface area contributed by atoms with Crippen LogP contribution >= 0.6 is 0 Å². The van der Waals surface area contributed by atoms with Crippen LogP contribution in [-0.4, -0.2) is 39.6 Å². The highest BCUT2D eigenvalue weighted by Crippen LogP contribution is 2.28. The van der Waals surface area contributed by atoms with E-state index in [0.29, 0.717) is 11.7 Å². The number of aliphatic hydroxyl groups excluding tert-OH is 1. The fourth-order valence-corrected chi connectivity index (χ4v) is 2.93. The van der Waals surface area contributed by atoms with E-state index >= 15 is 0 Å². The molecule has 1 saturated heterocycles. The lowest BCUT2D eigenvalue weighted by molar-refractivity contribution is 0.263. The van der Waals surface area contributed by atoms with Crippen molar-refractivity contribution in [1.29, 1.82) is 0 Å². The normalized spacial score (nSPS) is 18.4. The van der Waals surface area contributed by atoms with Crippen LogP contribution in [0.25, 0.3) is 11.4 Å². The number of hydrogen-bond acceptors (Lipinski definition) is 4. The van der Waals surface area contributed by atoms with E-state index in [1.807, 2.05) is 12.1 Å². The fraction of sp³-hybridized carbons (Fsp3) is 0.467. The predicted molar refractivity (Wildman–Crippen MR) is 81.3 cm³/mol. The Balaban J connectivity index is 1.84. The van der Waals surface area contributed by atoms with Gasteiger partial charge in [-0.05, 0) is 30.9 Å². The van der Waals surface area contributed by atoms with E-state index in [1.54, 1.807) is 7.05 Å². The SMILES string of the molecule is Cn1c(-c2cccc(N3CCC(CCO)C3)c2)n[nH]c1=O. The Bertz CT molecular complexity index is 676. The summed E-state index contributed by atoms with van der Waals surface area (Å²) in [5.41, 5.74) is 1.86. The first kappa shape index (κ1) is 13.9. The number of nitrogens with zero attached hydrogens (tertiary/aromatic N) is 3. The summed E-state index contributed by atoms with van der Waals surface area (Å²) in [4.78, 5) is 13.8. The molecule has 1 unspecified atom stereocenters. The minimum absolute atomic E-state index is 0.209. The molecule has 2 aromatic rings. The maximum Gasteiger partial charge on any atom is 0.343 e. The van der Waals surface area contributed by atoms with Crippen molar-refractivity contribution in [2.45, 2.75) is 12.8 Å². The molecule has 0 spiro atoms. The number of aromatic amines is 1. The topological polar surface area (TPSA) is 74.2 Å². The molecule has 1 aromatic heterocycles. The summed E-state index contributed by atoms with van der Waals surface area (Å²) in [6, 6.07) is 8.09. The number of H-pyrrole nitrogens is 1. The second-order valence-electron chi connectivity index (χ2n) is 5.57. The number of hydrogen-bond donors (Lipinski definition) is 2. The number of anilines is 1. The summed E-state index contributed by atoms with van der Waals surface area (Å²) in [6.45, 7) is 2.24. The Morgan fingerprint density at radius 2 is 2.33 bits per heavy atom. The minimum atomic E-state index is -0.209. The van der Waals surface area contributed by atoms with Crippen LogP contribution in [0.15, 0.2) is 29.1 Å². The number of rotatable bonds is 4. The van der Waals surface area contributed by atoms with Crippen LogP contribution in [-0.2, 0) is 7.05 Å². The first-order valence-electron chi connectivity index (χ1n) is 7.26.